The summed E-state index contributed by atoms with van der Waals surface area (Å²) < 4.78 is 6.11. The predicted molar refractivity (Wildman–Crippen MR) is 174 cm³/mol. The van der Waals surface area contributed by atoms with Gasteiger partial charge in [0.1, 0.15) is 6.10 Å². The molecule has 5 aliphatic rings. The van der Waals surface area contributed by atoms with Crippen LogP contribution in [0.3, 0.4) is 0 Å². The first kappa shape index (κ1) is 35.3. The van der Waals surface area contributed by atoms with E-state index < -0.39 is 28.7 Å². The molecule has 252 valence electrons. The number of hydrogen-bond acceptors (Lipinski definition) is 4. The SMILES string of the molecule is CC.CC(C)[C@@H]1CC[C@]2(C(=O)O)CC[C@]3(C)C(CCC4[C@@]5(C)CC[C@H](OC(=O)CC(C)(C)C(=O)O)C(C)(C)C5CC[C@]43C)C12. The van der Waals surface area contributed by atoms with Gasteiger partial charge in [0.15, 0.2) is 0 Å². The number of carboxylic acids is 2. The maximum Gasteiger partial charge on any atom is 0.309 e. The van der Waals surface area contributed by atoms with Gasteiger partial charge in [-0.1, -0.05) is 62.3 Å². The summed E-state index contributed by atoms with van der Waals surface area (Å²) in [6, 6.07) is 0. The Bertz CT molecular complexity index is 1120. The summed E-state index contributed by atoms with van der Waals surface area (Å²) in [5.74, 6) is 0.791. The van der Waals surface area contributed by atoms with Gasteiger partial charge >= 0.3 is 17.9 Å². The van der Waals surface area contributed by atoms with Gasteiger partial charge in [-0.2, -0.15) is 0 Å². The third-order valence-electron chi connectivity index (χ3n) is 15.1. The second-order valence-corrected chi connectivity index (χ2v) is 17.8. The van der Waals surface area contributed by atoms with Gasteiger partial charge in [0.25, 0.3) is 0 Å². The lowest BCUT2D eigenvalue weighted by molar-refractivity contribution is -0.252. The molecule has 0 aromatic heterocycles. The minimum absolute atomic E-state index is 0.117. The van der Waals surface area contributed by atoms with Gasteiger partial charge in [0, 0.05) is 5.41 Å². The van der Waals surface area contributed by atoms with Crippen LogP contribution >= 0.6 is 0 Å². The fourth-order valence-electron chi connectivity index (χ4n) is 12.6. The average Bonchev–Trinajstić information content (AvgIpc) is 3.33. The molecule has 10 atom stereocenters. The van der Waals surface area contributed by atoms with Gasteiger partial charge in [-0.25, -0.2) is 0 Å². The van der Waals surface area contributed by atoms with Crippen LogP contribution in [-0.4, -0.2) is 34.2 Å². The number of carboxylic acid groups (broad SMARTS) is 2. The van der Waals surface area contributed by atoms with Gasteiger partial charge in [-0.3, -0.25) is 14.4 Å². The van der Waals surface area contributed by atoms with E-state index in [9.17, 15) is 24.6 Å². The summed E-state index contributed by atoms with van der Waals surface area (Å²) in [6.07, 6.45) is 9.76. The first-order valence-electron chi connectivity index (χ1n) is 17.9. The quantitative estimate of drug-likeness (QED) is 0.289. The van der Waals surface area contributed by atoms with E-state index in [-0.39, 0.29) is 40.1 Å². The number of fused-ring (bicyclic) bond motifs is 7. The highest BCUT2D eigenvalue weighted by molar-refractivity contribution is 5.81. The Morgan fingerprint density at radius 1 is 0.795 bits per heavy atom. The van der Waals surface area contributed by atoms with E-state index in [2.05, 4.69) is 48.5 Å². The smallest absolute Gasteiger partial charge is 0.309 e. The fraction of sp³-hybridized carbons (Fsp3) is 0.921. The maximum absolute atomic E-state index is 12.9. The summed E-state index contributed by atoms with van der Waals surface area (Å²) in [5, 5.41) is 20.2. The van der Waals surface area contributed by atoms with E-state index in [1.165, 1.54) is 0 Å². The molecule has 0 heterocycles. The monoisotopic (exact) mass is 616 g/mol. The van der Waals surface area contributed by atoms with Crippen molar-refractivity contribution in [1.82, 2.24) is 0 Å². The van der Waals surface area contributed by atoms with Crippen molar-refractivity contribution in [2.75, 3.05) is 0 Å². The highest BCUT2D eigenvalue weighted by Crippen LogP contribution is 2.77. The van der Waals surface area contributed by atoms with E-state index in [1.54, 1.807) is 13.8 Å². The molecule has 6 heteroatoms. The Morgan fingerprint density at radius 2 is 1.43 bits per heavy atom. The molecule has 0 aliphatic heterocycles. The zero-order valence-electron chi connectivity index (χ0n) is 29.8. The number of hydrogen-bond donors (Lipinski definition) is 2. The molecule has 0 saturated heterocycles. The van der Waals surface area contributed by atoms with Crippen LogP contribution in [0.2, 0.25) is 0 Å². The summed E-state index contributed by atoms with van der Waals surface area (Å²) >= 11 is 0. The van der Waals surface area contributed by atoms with E-state index in [0.717, 1.165) is 64.2 Å². The number of carbonyl (C=O) groups is 3. The van der Waals surface area contributed by atoms with Crippen LogP contribution in [-0.2, 0) is 19.1 Å². The minimum Gasteiger partial charge on any atom is -0.481 e. The Hall–Kier alpha value is -1.59. The normalized spacial score (nSPS) is 44.2. The molecule has 0 amide bonds. The molecule has 0 aromatic carbocycles. The molecule has 4 unspecified atom stereocenters. The maximum atomic E-state index is 12.9. The number of carbonyl (C=O) groups excluding carboxylic acids is 1. The van der Waals surface area contributed by atoms with Crippen LogP contribution in [0.15, 0.2) is 0 Å². The lowest BCUT2D eigenvalue weighted by atomic mass is 9.32. The second-order valence-electron chi connectivity index (χ2n) is 17.8. The highest BCUT2D eigenvalue weighted by Gasteiger charge is 2.72. The van der Waals surface area contributed by atoms with Crippen molar-refractivity contribution < 1.29 is 29.3 Å². The molecule has 5 saturated carbocycles. The van der Waals surface area contributed by atoms with Gasteiger partial charge in [-0.05, 0) is 130 Å². The Balaban J connectivity index is 0.00000216. The molecule has 2 N–H and O–H groups in total. The van der Waals surface area contributed by atoms with E-state index in [0.29, 0.717) is 29.6 Å². The average molecular weight is 617 g/mol. The Kier molecular flexibility index (Phi) is 9.28. The molecule has 5 aliphatic carbocycles. The van der Waals surface area contributed by atoms with E-state index in [1.807, 2.05) is 13.8 Å². The summed E-state index contributed by atoms with van der Waals surface area (Å²) in [4.78, 5) is 37.5. The van der Waals surface area contributed by atoms with Crippen molar-refractivity contribution in [3.05, 3.63) is 0 Å². The molecule has 6 nitrogen and oxygen atoms in total. The van der Waals surface area contributed by atoms with Gasteiger partial charge in [0.2, 0.25) is 0 Å². The first-order chi connectivity index (χ1) is 20.3. The number of rotatable bonds is 6. The van der Waals surface area contributed by atoms with Crippen LogP contribution in [0, 0.1) is 68.0 Å². The first-order valence-corrected chi connectivity index (χ1v) is 17.9. The number of esters is 1. The van der Waals surface area contributed by atoms with Crippen LogP contribution < -0.4 is 0 Å². The third-order valence-corrected chi connectivity index (χ3v) is 15.1. The van der Waals surface area contributed by atoms with Crippen molar-refractivity contribution in [1.29, 1.82) is 0 Å². The van der Waals surface area contributed by atoms with Crippen molar-refractivity contribution in [2.24, 2.45) is 68.0 Å². The standard InChI is InChI=1S/C36H58O6.C2H6/c1-21(2)22-12-17-36(30(40)41)19-18-34(8)23(28(22)36)10-11-25-33(7)15-14-26(42-27(37)20-31(3,4)29(38)39)32(5,6)24(33)13-16-35(25,34)9;1-2/h21-26,28H,10-20H2,1-9H3,(H,38,39)(H,40,41);1-2H3/t22-,23?,24?,25?,26-,28?,33-,34+,35+,36-;/m0./s1. The van der Waals surface area contributed by atoms with Crippen LogP contribution in [0.5, 0.6) is 0 Å². The molecule has 0 aromatic rings. The fourth-order valence-corrected chi connectivity index (χ4v) is 12.6. The van der Waals surface area contributed by atoms with E-state index >= 15 is 0 Å². The predicted octanol–water partition coefficient (Wildman–Crippen LogP) is 9.25. The third kappa shape index (κ3) is 4.97. The van der Waals surface area contributed by atoms with Crippen LogP contribution in [0.1, 0.15) is 147 Å². The van der Waals surface area contributed by atoms with Gasteiger partial charge < -0.3 is 14.9 Å². The topological polar surface area (TPSA) is 101 Å². The Morgan fingerprint density at radius 3 is 2.00 bits per heavy atom. The lowest BCUT2D eigenvalue weighted by Crippen LogP contribution is -2.67. The molecule has 5 rings (SSSR count). The van der Waals surface area contributed by atoms with Crippen molar-refractivity contribution in [3.63, 3.8) is 0 Å². The molecule has 44 heavy (non-hydrogen) atoms. The molecular formula is C38H64O6. The minimum atomic E-state index is -1.14. The van der Waals surface area contributed by atoms with Crippen molar-refractivity contribution in [2.45, 2.75) is 153 Å². The molecular weight excluding hydrogens is 552 g/mol. The van der Waals surface area contributed by atoms with Crippen LogP contribution in [0.4, 0.5) is 0 Å². The van der Waals surface area contributed by atoms with Gasteiger partial charge in [-0.15, -0.1) is 0 Å². The summed E-state index contributed by atoms with van der Waals surface area (Å²) in [7, 11) is 0. The molecule has 0 bridgehead atoms. The zero-order chi connectivity index (χ0) is 33.3. The van der Waals surface area contributed by atoms with E-state index in [4.69, 9.17) is 4.74 Å². The summed E-state index contributed by atoms with van der Waals surface area (Å²) in [5.41, 5.74) is -1.47. The molecule has 0 spiro atoms. The van der Waals surface area contributed by atoms with Crippen molar-refractivity contribution in [3.8, 4) is 0 Å². The van der Waals surface area contributed by atoms with Crippen molar-refractivity contribution >= 4 is 17.9 Å². The summed E-state index contributed by atoms with van der Waals surface area (Å²) in [6.45, 7) is 24.0. The molecule has 0 radical (unpaired) electrons. The van der Waals surface area contributed by atoms with Gasteiger partial charge in [0.05, 0.1) is 17.3 Å². The molecule has 5 fully saturated rings. The number of ether oxygens (including phenoxy) is 1. The lowest BCUT2D eigenvalue weighted by Gasteiger charge is -2.72. The van der Waals surface area contributed by atoms with Crippen LogP contribution in [0.25, 0.3) is 0 Å². The highest BCUT2D eigenvalue weighted by atomic mass is 16.5. The Labute approximate surface area is 267 Å². The zero-order valence-corrected chi connectivity index (χ0v) is 29.8. The second kappa shape index (κ2) is 11.6. The largest absolute Gasteiger partial charge is 0.481 e. The number of aliphatic carboxylic acids is 2.